The van der Waals surface area contributed by atoms with Crippen LogP contribution in [0.25, 0.3) is 0 Å². The highest BCUT2D eigenvalue weighted by Crippen LogP contribution is 2.56. The first-order valence-corrected chi connectivity index (χ1v) is 12.1. The van der Waals surface area contributed by atoms with Gasteiger partial charge in [-0.15, -0.1) is 0 Å². The van der Waals surface area contributed by atoms with Gasteiger partial charge in [0.1, 0.15) is 42.2 Å². The predicted molar refractivity (Wildman–Crippen MR) is 121 cm³/mol. The maximum absolute atomic E-state index is 12.4. The van der Waals surface area contributed by atoms with Crippen LogP contribution in [0.2, 0.25) is 0 Å². The Morgan fingerprint density at radius 2 is 1.25 bits per heavy atom. The van der Waals surface area contributed by atoms with Crippen LogP contribution in [0.4, 0.5) is 4.39 Å². The molecule has 28 heavy (non-hydrogen) atoms. The van der Waals surface area contributed by atoms with Crippen LogP contribution in [0.3, 0.4) is 0 Å². The minimum Gasteiger partial charge on any atom is -0.491 e. The van der Waals surface area contributed by atoms with Gasteiger partial charge in [-0.05, 0) is 55.0 Å². The van der Waals surface area contributed by atoms with Crippen molar-refractivity contribution in [1.82, 2.24) is 0 Å². The molecule has 0 aliphatic heterocycles. The van der Waals surface area contributed by atoms with E-state index in [0.717, 1.165) is 11.9 Å². The summed E-state index contributed by atoms with van der Waals surface area (Å²) in [7, 11) is -1.76. The first-order chi connectivity index (χ1) is 13.8. The second kappa shape index (κ2) is 10.4. The lowest BCUT2D eigenvalue weighted by molar-refractivity contribution is 0.273. The minimum absolute atomic E-state index is 0.105. The third-order valence-electron chi connectivity index (χ3n) is 5.11. The van der Waals surface area contributed by atoms with E-state index in [1.54, 1.807) is 0 Å². The molecule has 0 aromatic heterocycles. The summed E-state index contributed by atoms with van der Waals surface area (Å²) in [6.07, 6.45) is 4.80. The molecule has 1 nitrogen and oxygen atoms in total. The summed E-state index contributed by atoms with van der Waals surface area (Å²) < 4.78 is 17.9. The van der Waals surface area contributed by atoms with Crippen molar-refractivity contribution in [2.45, 2.75) is 26.2 Å². The second-order valence-electron chi connectivity index (χ2n) is 6.94. The van der Waals surface area contributed by atoms with Gasteiger partial charge >= 0.3 is 0 Å². The number of benzene rings is 3. The first-order valence-electron chi connectivity index (χ1n) is 10.1. The fraction of sp³-hybridized carbons (Fsp3) is 0.280. The van der Waals surface area contributed by atoms with Gasteiger partial charge in [0.15, 0.2) is 0 Å². The Balaban J connectivity index is 2.11. The van der Waals surface area contributed by atoms with Gasteiger partial charge in [0.25, 0.3) is 0 Å². The lowest BCUT2D eigenvalue weighted by Crippen LogP contribution is -2.33. The zero-order valence-corrected chi connectivity index (χ0v) is 17.5. The number of ether oxygens (including phenoxy) is 1. The Labute approximate surface area is 168 Å². The summed E-state index contributed by atoms with van der Waals surface area (Å²) in [5.74, 6) is 0.731. The van der Waals surface area contributed by atoms with E-state index < -0.39 is 13.9 Å². The lowest BCUT2D eigenvalue weighted by Gasteiger charge is -2.28. The average molecular weight is 395 g/mol. The average Bonchev–Trinajstić information content (AvgIpc) is 2.77. The summed E-state index contributed by atoms with van der Waals surface area (Å²) in [5, 5.41) is 4.18. The summed E-state index contributed by atoms with van der Waals surface area (Å²) in [5.41, 5.74) is 0. The molecule has 0 radical (unpaired) electrons. The maximum Gasteiger partial charge on any atom is 0.123 e. The Morgan fingerprint density at radius 3 is 1.75 bits per heavy atom. The molecule has 0 heterocycles. The Bertz CT molecular complexity index is 779. The quantitative estimate of drug-likeness (QED) is 0.324. The SMILES string of the molecule is CCCCC[P+](c1ccccc1)(c1ccccc1)c1ccc(OCCF)cc1. The van der Waals surface area contributed by atoms with Crippen LogP contribution < -0.4 is 20.7 Å². The molecule has 0 bridgehead atoms. The highest BCUT2D eigenvalue weighted by atomic mass is 31.2. The van der Waals surface area contributed by atoms with Crippen LogP contribution in [0, 0.1) is 0 Å². The zero-order valence-electron chi connectivity index (χ0n) is 16.6. The normalized spacial score (nSPS) is 11.4. The molecule has 146 valence electrons. The van der Waals surface area contributed by atoms with Crippen LogP contribution in [-0.4, -0.2) is 19.4 Å². The van der Waals surface area contributed by atoms with Crippen molar-refractivity contribution >= 4 is 23.2 Å². The van der Waals surface area contributed by atoms with Crippen molar-refractivity contribution in [3.05, 3.63) is 84.9 Å². The van der Waals surface area contributed by atoms with Gasteiger partial charge in [-0.2, -0.15) is 0 Å². The highest BCUT2D eigenvalue weighted by molar-refractivity contribution is 7.95. The summed E-state index contributed by atoms with van der Waals surface area (Å²) in [6, 6.07) is 30.2. The zero-order chi connectivity index (χ0) is 19.7. The fourth-order valence-corrected chi connectivity index (χ4v) is 8.14. The second-order valence-corrected chi connectivity index (χ2v) is 10.6. The highest BCUT2D eigenvalue weighted by Gasteiger charge is 2.44. The van der Waals surface area contributed by atoms with Gasteiger partial charge in [0, 0.05) is 0 Å². The van der Waals surface area contributed by atoms with E-state index in [-0.39, 0.29) is 6.61 Å². The van der Waals surface area contributed by atoms with Gasteiger partial charge in [-0.3, -0.25) is 0 Å². The van der Waals surface area contributed by atoms with Crippen LogP contribution in [0.1, 0.15) is 26.2 Å². The van der Waals surface area contributed by atoms with Crippen LogP contribution >= 0.6 is 7.26 Å². The Kier molecular flexibility index (Phi) is 7.62. The molecule has 3 rings (SSSR count). The van der Waals surface area contributed by atoms with Gasteiger partial charge < -0.3 is 4.74 Å². The largest absolute Gasteiger partial charge is 0.491 e. The van der Waals surface area contributed by atoms with Crippen LogP contribution in [-0.2, 0) is 0 Å². The molecule has 0 saturated heterocycles. The Hall–Kier alpha value is -2.18. The van der Waals surface area contributed by atoms with Crippen molar-refractivity contribution in [3.63, 3.8) is 0 Å². The van der Waals surface area contributed by atoms with Crippen molar-refractivity contribution in [2.75, 3.05) is 19.4 Å². The molecule has 0 aliphatic carbocycles. The molecule has 0 fully saturated rings. The molecular weight excluding hydrogens is 366 g/mol. The Morgan fingerprint density at radius 1 is 0.714 bits per heavy atom. The predicted octanol–water partition coefficient (Wildman–Crippen LogP) is 5.52. The summed E-state index contributed by atoms with van der Waals surface area (Å²) in [4.78, 5) is 0. The molecule has 3 aromatic carbocycles. The molecule has 0 atom stereocenters. The van der Waals surface area contributed by atoms with Gasteiger partial charge in [-0.25, -0.2) is 4.39 Å². The molecule has 0 aliphatic rings. The molecule has 0 N–H and O–H groups in total. The lowest BCUT2D eigenvalue weighted by atomic mass is 10.3. The number of halogens is 1. The van der Waals surface area contributed by atoms with E-state index in [1.165, 1.54) is 35.2 Å². The topological polar surface area (TPSA) is 9.23 Å². The molecular formula is C25H29FOP+. The van der Waals surface area contributed by atoms with E-state index in [4.69, 9.17) is 4.74 Å². The van der Waals surface area contributed by atoms with Crippen molar-refractivity contribution in [1.29, 1.82) is 0 Å². The van der Waals surface area contributed by atoms with Crippen molar-refractivity contribution in [2.24, 2.45) is 0 Å². The van der Waals surface area contributed by atoms with E-state index >= 15 is 0 Å². The number of rotatable bonds is 10. The van der Waals surface area contributed by atoms with Crippen molar-refractivity contribution < 1.29 is 9.13 Å². The smallest absolute Gasteiger partial charge is 0.123 e. The van der Waals surface area contributed by atoms with Gasteiger partial charge in [0.05, 0.1) is 6.16 Å². The molecule has 0 amide bonds. The van der Waals surface area contributed by atoms with E-state index in [9.17, 15) is 4.39 Å². The van der Waals surface area contributed by atoms with E-state index in [1.807, 2.05) is 12.1 Å². The van der Waals surface area contributed by atoms with Crippen LogP contribution in [0.5, 0.6) is 5.75 Å². The third kappa shape index (κ3) is 4.62. The molecule has 0 spiro atoms. The molecule has 0 unspecified atom stereocenters. The maximum atomic E-state index is 12.4. The summed E-state index contributed by atoms with van der Waals surface area (Å²) >= 11 is 0. The number of hydrogen-bond donors (Lipinski definition) is 0. The molecule has 3 heteroatoms. The molecule has 0 saturated carbocycles. The number of hydrogen-bond acceptors (Lipinski definition) is 1. The van der Waals surface area contributed by atoms with Crippen molar-refractivity contribution in [3.8, 4) is 5.75 Å². The van der Waals surface area contributed by atoms with Crippen LogP contribution in [0.15, 0.2) is 84.9 Å². The standard InChI is InChI=1S/C25H29FOP/c1-2-3-10-21-28(23-11-6-4-7-12-23,24-13-8-5-9-14-24)25-17-15-22(16-18-25)27-20-19-26/h4-9,11-18H,2-3,10,19-21H2,1H3/q+1. The van der Waals surface area contributed by atoms with Gasteiger partial charge in [-0.1, -0.05) is 56.2 Å². The monoisotopic (exact) mass is 395 g/mol. The summed E-state index contributed by atoms with van der Waals surface area (Å²) in [6.45, 7) is 1.89. The number of alkyl halides is 1. The minimum atomic E-state index is -1.76. The van der Waals surface area contributed by atoms with E-state index in [2.05, 4.69) is 79.7 Å². The number of unbranched alkanes of at least 4 members (excludes halogenated alkanes) is 2. The third-order valence-corrected chi connectivity index (χ3v) is 9.64. The molecule has 3 aromatic rings. The first kappa shape index (κ1) is 20.6. The fourth-order valence-electron chi connectivity index (χ4n) is 3.75. The van der Waals surface area contributed by atoms with E-state index in [0.29, 0.717) is 0 Å². The van der Waals surface area contributed by atoms with Gasteiger partial charge in [0.2, 0.25) is 0 Å².